The maximum Gasteiger partial charge on any atom is 0.407 e. The van der Waals surface area contributed by atoms with Crippen molar-refractivity contribution in [3.8, 4) is 0 Å². The number of imidazole rings is 1. The number of carbonyl (C=O) groups is 1. The number of hydrogen-bond acceptors (Lipinski definition) is 3. The lowest BCUT2D eigenvalue weighted by molar-refractivity contribution is 0.126. The third-order valence-corrected chi connectivity index (χ3v) is 3.25. The molecule has 19 heavy (non-hydrogen) atoms. The summed E-state index contributed by atoms with van der Waals surface area (Å²) in [6.45, 7) is 0.542. The molecule has 1 aromatic carbocycles. The Balaban J connectivity index is 2.47. The summed E-state index contributed by atoms with van der Waals surface area (Å²) < 4.78 is 7.96. The molecule has 0 saturated heterocycles. The van der Waals surface area contributed by atoms with Crippen molar-refractivity contribution in [3.05, 3.63) is 28.5 Å². The number of halogens is 1. The predicted molar refractivity (Wildman–Crippen MR) is 73.9 cm³/mol. The summed E-state index contributed by atoms with van der Waals surface area (Å²) in [5.74, 6) is 0.653. The summed E-state index contributed by atoms with van der Waals surface area (Å²) in [5, 5.41) is 8.93. The van der Waals surface area contributed by atoms with Gasteiger partial charge in [-0.3, -0.25) is 0 Å². The zero-order chi connectivity index (χ0) is 14.0. The highest BCUT2D eigenvalue weighted by Gasteiger charge is 2.15. The van der Waals surface area contributed by atoms with Gasteiger partial charge in [-0.05, 0) is 18.2 Å². The zero-order valence-corrected chi connectivity index (χ0v) is 12.2. The molecule has 6 nitrogen and oxygen atoms in total. The Kier molecular flexibility index (Phi) is 4.06. The minimum atomic E-state index is -0.989. The Morgan fingerprint density at radius 1 is 1.58 bits per heavy atom. The molecule has 0 spiro atoms. The Bertz CT molecular complexity index is 612. The molecule has 0 atom stereocenters. The molecule has 2 aromatic rings. The van der Waals surface area contributed by atoms with Crippen LogP contribution in [0.5, 0.6) is 0 Å². The van der Waals surface area contributed by atoms with Crippen LogP contribution in [0.25, 0.3) is 11.0 Å². The van der Waals surface area contributed by atoms with E-state index in [1.807, 2.05) is 22.8 Å². The van der Waals surface area contributed by atoms with Gasteiger partial charge in [0.2, 0.25) is 0 Å². The van der Waals surface area contributed by atoms with Crippen LogP contribution in [0.4, 0.5) is 4.79 Å². The number of fused-ring (bicyclic) bond motifs is 1. The van der Waals surface area contributed by atoms with Crippen LogP contribution in [0.1, 0.15) is 5.82 Å². The lowest BCUT2D eigenvalue weighted by atomic mass is 10.3. The highest BCUT2D eigenvalue weighted by Crippen LogP contribution is 2.21. The lowest BCUT2D eigenvalue weighted by Gasteiger charge is -2.14. The molecule has 1 heterocycles. The SMILES string of the molecule is COCn1c(CN(C)C(=O)O)nc2ccc(Br)cc21. The fraction of sp³-hybridized carbons (Fsp3) is 0.333. The third kappa shape index (κ3) is 2.87. The quantitative estimate of drug-likeness (QED) is 0.936. The average molecular weight is 328 g/mol. The minimum Gasteiger partial charge on any atom is -0.465 e. The van der Waals surface area contributed by atoms with Crippen LogP contribution in [-0.4, -0.2) is 39.8 Å². The van der Waals surface area contributed by atoms with Crippen LogP contribution >= 0.6 is 15.9 Å². The maximum atomic E-state index is 10.9. The number of aromatic nitrogens is 2. The first-order valence-electron chi connectivity index (χ1n) is 5.60. The van der Waals surface area contributed by atoms with Gasteiger partial charge >= 0.3 is 6.09 Å². The Labute approximate surface area is 118 Å². The van der Waals surface area contributed by atoms with Gasteiger partial charge < -0.3 is 19.3 Å². The largest absolute Gasteiger partial charge is 0.465 e. The molecule has 0 aliphatic carbocycles. The summed E-state index contributed by atoms with van der Waals surface area (Å²) in [7, 11) is 3.10. The van der Waals surface area contributed by atoms with Crippen molar-refractivity contribution >= 4 is 33.1 Å². The van der Waals surface area contributed by atoms with Crippen molar-refractivity contribution in [1.29, 1.82) is 0 Å². The van der Waals surface area contributed by atoms with E-state index in [-0.39, 0.29) is 6.54 Å². The molecule has 2 rings (SSSR count). The molecule has 102 valence electrons. The molecule has 0 radical (unpaired) electrons. The van der Waals surface area contributed by atoms with Crippen LogP contribution in [0.15, 0.2) is 22.7 Å². The molecule has 7 heteroatoms. The number of carboxylic acid groups (broad SMARTS) is 1. The second-order valence-electron chi connectivity index (χ2n) is 4.15. The molecule has 1 amide bonds. The fourth-order valence-electron chi connectivity index (χ4n) is 1.82. The molecule has 1 N–H and O–H groups in total. The van der Waals surface area contributed by atoms with Gasteiger partial charge in [-0.15, -0.1) is 0 Å². The van der Waals surface area contributed by atoms with Gasteiger partial charge in [-0.1, -0.05) is 15.9 Å². The maximum absolute atomic E-state index is 10.9. The molecule has 0 bridgehead atoms. The van der Waals surface area contributed by atoms with Crippen LogP contribution < -0.4 is 0 Å². The van der Waals surface area contributed by atoms with Gasteiger partial charge in [0.15, 0.2) is 0 Å². The van der Waals surface area contributed by atoms with E-state index >= 15 is 0 Å². The first-order chi connectivity index (χ1) is 9.02. The molecule has 0 aliphatic heterocycles. The number of benzene rings is 1. The van der Waals surface area contributed by atoms with Gasteiger partial charge in [0.05, 0.1) is 17.6 Å². The molecular weight excluding hydrogens is 314 g/mol. The van der Waals surface area contributed by atoms with Crippen LogP contribution in [0.2, 0.25) is 0 Å². The monoisotopic (exact) mass is 327 g/mol. The number of ether oxygens (including phenoxy) is 1. The number of rotatable bonds is 4. The van der Waals surface area contributed by atoms with E-state index in [0.29, 0.717) is 12.6 Å². The molecule has 1 aromatic heterocycles. The Morgan fingerprint density at radius 2 is 2.32 bits per heavy atom. The highest BCUT2D eigenvalue weighted by atomic mass is 79.9. The summed E-state index contributed by atoms with van der Waals surface area (Å²) in [6.07, 6.45) is -0.989. The van der Waals surface area contributed by atoms with Crippen molar-refractivity contribution in [3.63, 3.8) is 0 Å². The smallest absolute Gasteiger partial charge is 0.407 e. The standard InChI is InChI=1S/C12H14BrN3O3/c1-15(12(17)18)6-11-14-9-4-3-8(13)5-10(9)16(11)7-19-2/h3-5H,6-7H2,1-2H3,(H,17,18). The highest BCUT2D eigenvalue weighted by molar-refractivity contribution is 9.10. The first kappa shape index (κ1) is 13.8. The van der Waals surface area contributed by atoms with E-state index in [1.54, 1.807) is 7.11 Å². The van der Waals surface area contributed by atoms with Gasteiger partial charge in [0.25, 0.3) is 0 Å². The van der Waals surface area contributed by atoms with E-state index < -0.39 is 6.09 Å². The first-order valence-corrected chi connectivity index (χ1v) is 6.40. The summed E-state index contributed by atoms with van der Waals surface area (Å²) >= 11 is 3.41. The Morgan fingerprint density at radius 3 is 2.95 bits per heavy atom. The van der Waals surface area contributed by atoms with E-state index in [4.69, 9.17) is 9.84 Å². The van der Waals surface area contributed by atoms with Gasteiger partial charge in [-0.25, -0.2) is 9.78 Å². The van der Waals surface area contributed by atoms with E-state index in [9.17, 15) is 4.79 Å². The normalized spacial score (nSPS) is 10.9. The van der Waals surface area contributed by atoms with E-state index in [1.165, 1.54) is 11.9 Å². The third-order valence-electron chi connectivity index (χ3n) is 2.75. The molecule has 0 unspecified atom stereocenters. The topological polar surface area (TPSA) is 67.6 Å². The van der Waals surface area contributed by atoms with Gasteiger partial charge in [-0.2, -0.15) is 0 Å². The van der Waals surface area contributed by atoms with Crippen molar-refractivity contribution in [2.45, 2.75) is 13.3 Å². The molecule has 0 saturated carbocycles. The van der Waals surface area contributed by atoms with Crippen LogP contribution in [-0.2, 0) is 18.0 Å². The Hall–Kier alpha value is -1.60. The van der Waals surface area contributed by atoms with Crippen molar-refractivity contribution in [1.82, 2.24) is 14.5 Å². The number of methoxy groups -OCH3 is 1. The second kappa shape index (κ2) is 5.58. The number of amides is 1. The molecule has 0 aliphatic rings. The molecule has 0 fully saturated rings. The summed E-state index contributed by atoms with van der Waals surface area (Å²) in [6, 6.07) is 5.72. The van der Waals surface area contributed by atoms with Crippen LogP contribution in [0, 0.1) is 0 Å². The zero-order valence-electron chi connectivity index (χ0n) is 10.6. The summed E-state index contributed by atoms with van der Waals surface area (Å²) in [5.41, 5.74) is 1.72. The van der Waals surface area contributed by atoms with Crippen LogP contribution in [0.3, 0.4) is 0 Å². The van der Waals surface area contributed by atoms with E-state index in [2.05, 4.69) is 20.9 Å². The van der Waals surface area contributed by atoms with Gasteiger partial charge in [0, 0.05) is 18.6 Å². The number of nitrogens with zero attached hydrogens (tertiary/aromatic N) is 3. The van der Waals surface area contributed by atoms with Gasteiger partial charge in [0.1, 0.15) is 12.6 Å². The fourth-order valence-corrected chi connectivity index (χ4v) is 2.17. The predicted octanol–water partition coefficient (Wildman–Crippen LogP) is 2.51. The molecular formula is C12H14BrN3O3. The summed E-state index contributed by atoms with van der Waals surface area (Å²) in [4.78, 5) is 16.5. The van der Waals surface area contributed by atoms with E-state index in [0.717, 1.165) is 15.5 Å². The second-order valence-corrected chi connectivity index (χ2v) is 5.06. The lowest BCUT2D eigenvalue weighted by Crippen LogP contribution is -2.26. The minimum absolute atomic E-state index is 0.213. The van der Waals surface area contributed by atoms with Crippen molar-refractivity contribution in [2.24, 2.45) is 0 Å². The number of hydrogen-bond donors (Lipinski definition) is 1. The van der Waals surface area contributed by atoms with Crippen molar-refractivity contribution in [2.75, 3.05) is 14.2 Å². The van der Waals surface area contributed by atoms with Crippen molar-refractivity contribution < 1.29 is 14.6 Å². The average Bonchev–Trinajstić information content (AvgIpc) is 2.68.